The molecule has 1 amide bonds. The Labute approximate surface area is 91.6 Å². The van der Waals surface area contributed by atoms with Crippen LogP contribution in [0.1, 0.15) is 32.6 Å². The second kappa shape index (κ2) is 5.01. The number of rotatable bonds is 3. The molecule has 6 heteroatoms. The number of carbonyl (C=O) groups is 1. The Kier molecular flexibility index (Phi) is 4.15. The van der Waals surface area contributed by atoms with Crippen LogP contribution in [0.4, 0.5) is 17.6 Å². The Morgan fingerprint density at radius 3 is 2.56 bits per heavy atom. The normalized spacial score (nSPS) is 22.6. The number of amides is 1. The summed E-state index contributed by atoms with van der Waals surface area (Å²) in [7, 11) is 0. The summed E-state index contributed by atoms with van der Waals surface area (Å²) in [5.74, 6) is -6.28. The molecule has 0 aromatic rings. The molecule has 1 aliphatic rings. The van der Waals surface area contributed by atoms with Gasteiger partial charge in [-0.2, -0.15) is 8.78 Å². The van der Waals surface area contributed by atoms with Gasteiger partial charge >= 0.3 is 12.3 Å². The van der Waals surface area contributed by atoms with E-state index in [-0.39, 0.29) is 12.6 Å². The van der Waals surface area contributed by atoms with E-state index in [9.17, 15) is 22.4 Å². The number of hydrogen-bond acceptors (Lipinski definition) is 1. The Balaban J connectivity index is 2.78. The molecular weight excluding hydrogens is 226 g/mol. The van der Waals surface area contributed by atoms with Crippen molar-refractivity contribution in [2.75, 3.05) is 6.54 Å². The van der Waals surface area contributed by atoms with Crippen LogP contribution in [0.3, 0.4) is 0 Å². The van der Waals surface area contributed by atoms with Gasteiger partial charge in [-0.3, -0.25) is 4.79 Å². The zero-order valence-electron chi connectivity index (χ0n) is 9.06. The lowest BCUT2D eigenvalue weighted by molar-refractivity contribution is -0.184. The molecule has 1 heterocycles. The maximum atomic E-state index is 12.9. The summed E-state index contributed by atoms with van der Waals surface area (Å²) in [4.78, 5) is 12.2. The summed E-state index contributed by atoms with van der Waals surface area (Å²) in [5, 5.41) is 0. The van der Waals surface area contributed by atoms with Gasteiger partial charge in [-0.05, 0) is 25.7 Å². The molecule has 0 radical (unpaired) electrons. The lowest BCUT2D eigenvalue weighted by Crippen LogP contribution is -2.53. The number of nitrogens with zero attached hydrogens (tertiary/aromatic N) is 1. The molecule has 0 aromatic heterocycles. The van der Waals surface area contributed by atoms with Crippen LogP contribution in [0.15, 0.2) is 0 Å². The van der Waals surface area contributed by atoms with Gasteiger partial charge in [-0.1, -0.05) is 6.92 Å². The van der Waals surface area contributed by atoms with Crippen LogP contribution < -0.4 is 0 Å². The summed E-state index contributed by atoms with van der Waals surface area (Å²) < 4.78 is 49.9. The van der Waals surface area contributed by atoms with Crippen molar-refractivity contribution in [3.8, 4) is 0 Å². The van der Waals surface area contributed by atoms with Gasteiger partial charge in [0.1, 0.15) is 0 Å². The number of alkyl halides is 4. The van der Waals surface area contributed by atoms with Crippen molar-refractivity contribution in [3.63, 3.8) is 0 Å². The Morgan fingerprint density at radius 1 is 1.44 bits per heavy atom. The zero-order chi connectivity index (χ0) is 12.3. The van der Waals surface area contributed by atoms with Gasteiger partial charge in [-0.15, -0.1) is 0 Å². The fourth-order valence-corrected chi connectivity index (χ4v) is 1.98. The Hall–Kier alpha value is -0.810. The molecule has 1 rings (SSSR count). The number of piperidine rings is 1. The minimum atomic E-state index is -4.55. The molecule has 1 saturated heterocycles. The number of carbonyl (C=O) groups excluding carboxylic acids is 1. The third-order valence-corrected chi connectivity index (χ3v) is 2.92. The highest BCUT2D eigenvalue weighted by Gasteiger charge is 2.52. The van der Waals surface area contributed by atoms with E-state index in [0.29, 0.717) is 19.3 Å². The van der Waals surface area contributed by atoms with Gasteiger partial charge in [0.25, 0.3) is 5.91 Å². The van der Waals surface area contributed by atoms with Crippen LogP contribution in [0, 0.1) is 0 Å². The SMILES string of the molecule is CCC1CCCCN1C(=O)C(F)(F)C(F)F. The van der Waals surface area contributed by atoms with Crippen LogP contribution in [-0.4, -0.2) is 35.7 Å². The van der Waals surface area contributed by atoms with E-state index in [4.69, 9.17) is 0 Å². The first-order chi connectivity index (χ1) is 7.41. The molecule has 0 spiro atoms. The summed E-state index contributed by atoms with van der Waals surface area (Å²) in [6.07, 6.45) is -1.35. The molecule has 0 aliphatic carbocycles. The van der Waals surface area contributed by atoms with Crippen LogP contribution >= 0.6 is 0 Å². The van der Waals surface area contributed by atoms with Crippen molar-refractivity contribution in [1.82, 2.24) is 4.90 Å². The first kappa shape index (κ1) is 13.3. The second-order valence-electron chi connectivity index (χ2n) is 3.98. The summed E-state index contributed by atoms with van der Waals surface area (Å²) >= 11 is 0. The van der Waals surface area contributed by atoms with Crippen LogP contribution in [0.5, 0.6) is 0 Å². The van der Waals surface area contributed by atoms with Gasteiger partial charge in [-0.25, -0.2) is 8.78 Å². The maximum Gasteiger partial charge on any atom is 0.383 e. The lowest BCUT2D eigenvalue weighted by Gasteiger charge is -2.36. The van der Waals surface area contributed by atoms with Gasteiger partial charge in [0.15, 0.2) is 0 Å². The standard InChI is InChI=1S/C10H15F4NO/c1-2-7-5-3-4-6-15(7)9(16)10(13,14)8(11)12/h7-8H,2-6H2,1H3. The van der Waals surface area contributed by atoms with E-state index in [1.54, 1.807) is 6.92 Å². The molecule has 0 N–H and O–H groups in total. The largest absolute Gasteiger partial charge is 0.383 e. The second-order valence-corrected chi connectivity index (χ2v) is 3.98. The van der Waals surface area contributed by atoms with Crippen molar-refractivity contribution < 1.29 is 22.4 Å². The highest BCUT2D eigenvalue weighted by molar-refractivity contribution is 5.84. The van der Waals surface area contributed by atoms with Gasteiger partial charge < -0.3 is 4.90 Å². The molecule has 94 valence electrons. The fraction of sp³-hybridized carbons (Fsp3) is 0.900. The van der Waals surface area contributed by atoms with Gasteiger partial charge in [0.2, 0.25) is 0 Å². The van der Waals surface area contributed by atoms with Gasteiger partial charge in [0, 0.05) is 12.6 Å². The van der Waals surface area contributed by atoms with E-state index in [0.717, 1.165) is 11.3 Å². The minimum Gasteiger partial charge on any atom is -0.334 e. The molecule has 2 nitrogen and oxygen atoms in total. The van der Waals surface area contributed by atoms with Gasteiger partial charge in [0.05, 0.1) is 0 Å². The first-order valence-electron chi connectivity index (χ1n) is 5.38. The molecule has 1 atom stereocenters. The van der Waals surface area contributed by atoms with Crippen molar-refractivity contribution in [3.05, 3.63) is 0 Å². The predicted molar refractivity (Wildman–Crippen MR) is 50.6 cm³/mol. The van der Waals surface area contributed by atoms with E-state index in [1.165, 1.54) is 0 Å². The Bertz CT molecular complexity index is 257. The van der Waals surface area contributed by atoms with E-state index >= 15 is 0 Å². The average Bonchev–Trinajstić information content (AvgIpc) is 2.27. The first-order valence-corrected chi connectivity index (χ1v) is 5.38. The van der Waals surface area contributed by atoms with Crippen molar-refractivity contribution in [2.24, 2.45) is 0 Å². The quantitative estimate of drug-likeness (QED) is 0.696. The summed E-state index contributed by atoms with van der Waals surface area (Å²) in [6, 6.07) is -0.328. The molecule has 1 fully saturated rings. The molecular formula is C10H15F4NO. The molecule has 0 saturated carbocycles. The highest BCUT2D eigenvalue weighted by Crippen LogP contribution is 2.29. The molecule has 0 bridgehead atoms. The van der Waals surface area contributed by atoms with Crippen LogP contribution in [0.25, 0.3) is 0 Å². The zero-order valence-corrected chi connectivity index (χ0v) is 9.06. The van der Waals surface area contributed by atoms with E-state index in [1.807, 2.05) is 0 Å². The summed E-state index contributed by atoms with van der Waals surface area (Å²) in [6.45, 7) is 1.91. The third kappa shape index (κ3) is 2.47. The lowest BCUT2D eigenvalue weighted by atomic mass is 9.99. The summed E-state index contributed by atoms with van der Waals surface area (Å²) in [5.41, 5.74) is 0. The van der Waals surface area contributed by atoms with Crippen molar-refractivity contribution in [2.45, 2.75) is 51.0 Å². The van der Waals surface area contributed by atoms with Crippen molar-refractivity contribution >= 4 is 5.91 Å². The molecule has 16 heavy (non-hydrogen) atoms. The third-order valence-electron chi connectivity index (χ3n) is 2.92. The van der Waals surface area contributed by atoms with E-state index in [2.05, 4.69) is 0 Å². The minimum absolute atomic E-state index is 0.152. The smallest absolute Gasteiger partial charge is 0.334 e. The van der Waals surface area contributed by atoms with Crippen molar-refractivity contribution in [1.29, 1.82) is 0 Å². The highest BCUT2D eigenvalue weighted by atomic mass is 19.3. The topological polar surface area (TPSA) is 20.3 Å². The monoisotopic (exact) mass is 241 g/mol. The fourth-order valence-electron chi connectivity index (χ4n) is 1.98. The molecule has 0 aromatic carbocycles. The number of hydrogen-bond donors (Lipinski definition) is 0. The maximum absolute atomic E-state index is 12.9. The number of halogens is 4. The molecule has 1 aliphatic heterocycles. The predicted octanol–water partition coefficient (Wildman–Crippen LogP) is 2.68. The number of likely N-dealkylation sites (tertiary alicyclic amines) is 1. The average molecular weight is 241 g/mol. The Morgan fingerprint density at radius 2 is 2.06 bits per heavy atom. The van der Waals surface area contributed by atoms with Crippen LogP contribution in [0.2, 0.25) is 0 Å². The van der Waals surface area contributed by atoms with Crippen LogP contribution in [-0.2, 0) is 4.79 Å². The molecule has 1 unspecified atom stereocenters. The van der Waals surface area contributed by atoms with E-state index < -0.39 is 18.3 Å².